The molecule has 1 aliphatic carbocycles. The number of amides is 1. The van der Waals surface area contributed by atoms with Crippen LogP contribution in [0.15, 0.2) is 36.8 Å². The molecule has 2 fully saturated rings. The minimum Gasteiger partial charge on any atom is -0.493 e. The third kappa shape index (κ3) is 4.76. The quantitative estimate of drug-likeness (QED) is 0.325. The fourth-order valence-electron chi connectivity index (χ4n) is 5.93. The zero-order valence-electron chi connectivity index (χ0n) is 22.3. The van der Waals surface area contributed by atoms with Gasteiger partial charge in [0.2, 0.25) is 5.91 Å². The summed E-state index contributed by atoms with van der Waals surface area (Å²) < 4.78 is 12.5. The highest BCUT2D eigenvalue weighted by Crippen LogP contribution is 2.40. The van der Waals surface area contributed by atoms with E-state index in [9.17, 15) is 4.79 Å². The van der Waals surface area contributed by atoms with Crippen LogP contribution in [0.1, 0.15) is 62.5 Å². The predicted octanol–water partition coefficient (Wildman–Crippen LogP) is 4.14. The number of rotatable bonds is 8. The van der Waals surface area contributed by atoms with Crippen molar-refractivity contribution in [2.45, 2.75) is 63.5 Å². The molecule has 0 unspecified atom stereocenters. The van der Waals surface area contributed by atoms with E-state index in [1.165, 1.54) is 16.5 Å². The number of fused-ring (bicyclic) bond motifs is 2. The highest BCUT2D eigenvalue weighted by molar-refractivity contribution is 5.92. The molecule has 6 rings (SSSR count). The molecule has 0 bridgehead atoms. The zero-order chi connectivity index (χ0) is 26.2. The summed E-state index contributed by atoms with van der Waals surface area (Å²) in [6.07, 6.45) is 7.73. The molecule has 200 valence electrons. The van der Waals surface area contributed by atoms with Crippen molar-refractivity contribution in [3.8, 4) is 17.0 Å². The van der Waals surface area contributed by atoms with E-state index in [1.54, 1.807) is 18.0 Å². The van der Waals surface area contributed by atoms with Gasteiger partial charge in [-0.05, 0) is 66.8 Å². The van der Waals surface area contributed by atoms with Crippen molar-refractivity contribution < 1.29 is 14.3 Å². The summed E-state index contributed by atoms with van der Waals surface area (Å²) in [6.45, 7) is 6.26. The largest absolute Gasteiger partial charge is 0.493 e. The Morgan fingerprint density at radius 3 is 2.71 bits per heavy atom. The summed E-state index contributed by atoms with van der Waals surface area (Å²) in [6, 6.07) is 9.48. The van der Waals surface area contributed by atoms with Crippen molar-refractivity contribution in [2.24, 2.45) is 0 Å². The number of nitrogens with zero attached hydrogens (tertiary/aromatic N) is 3. The molecule has 38 heavy (non-hydrogen) atoms. The van der Waals surface area contributed by atoms with Gasteiger partial charge in [-0.25, -0.2) is 9.50 Å². The summed E-state index contributed by atoms with van der Waals surface area (Å²) in [5, 5.41) is 12.1. The number of methoxy groups -OCH3 is 1. The molecule has 0 spiro atoms. The Bertz CT molecular complexity index is 1450. The molecule has 1 saturated heterocycles. The number of H-pyrrole nitrogens is 1. The first kappa shape index (κ1) is 24.9. The van der Waals surface area contributed by atoms with E-state index in [0.29, 0.717) is 49.0 Å². The average molecular weight is 517 g/mol. The molecule has 4 heterocycles. The SMILES string of the molecule is COc1cc(-c2[nH]c3ccc(C4CCC(NC(=O)CNC5COC5)CC4)cc3c2C(C)C)cn2ncnc12. The molecule has 9 heteroatoms. The Morgan fingerprint density at radius 2 is 2.00 bits per heavy atom. The summed E-state index contributed by atoms with van der Waals surface area (Å²) in [7, 11) is 1.66. The van der Waals surface area contributed by atoms with Gasteiger partial charge in [-0.3, -0.25) is 4.79 Å². The number of carbonyl (C=O) groups is 1. The third-order valence-electron chi connectivity index (χ3n) is 8.04. The molecule has 4 aromatic rings. The van der Waals surface area contributed by atoms with Gasteiger partial charge in [-0.2, -0.15) is 5.10 Å². The molecule has 2 aliphatic rings. The van der Waals surface area contributed by atoms with Crippen LogP contribution in [0.2, 0.25) is 0 Å². The van der Waals surface area contributed by atoms with E-state index < -0.39 is 0 Å². The van der Waals surface area contributed by atoms with E-state index in [2.05, 4.69) is 57.7 Å². The van der Waals surface area contributed by atoms with Crippen LogP contribution in [0.25, 0.3) is 27.8 Å². The van der Waals surface area contributed by atoms with Gasteiger partial charge in [0.05, 0.1) is 38.6 Å². The number of aromatic nitrogens is 4. The number of pyridine rings is 1. The number of ether oxygens (including phenoxy) is 2. The minimum atomic E-state index is 0.0870. The molecule has 1 aliphatic heterocycles. The first-order chi connectivity index (χ1) is 18.5. The van der Waals surface area contributed by atoms with Crippen molar-refractivity contribution in [1.82, 2.24) is 30.2 Å². The van der Waals surface area contributed by atoms with Gasteiger partial charge < -0.3 is 25.1 Å². The summed E-state index contributed by atoms with van der Waals surface area (Å²) in [5.41, 5.74) is 6.64. The van der Waals surface area contributed by atoms with Crippen LogP contribution < -0.4 is 15.4 Å². The molecule has 1 aromatic carbocycles. The van der Waals surface area contributed by atoms with Crippen LogP contribution in [0.5, 0.6) is 5.75 Å². The second kappa shape index (κ2) is 10.4. The van der Waals surface area contributed by atoms with Gasteiger partial charge in [-0.15, -0.1) is 0 Å². The second-order valence-corrected chi connectivity index (χ2v) is 10.9. The minimum absolute atomic E-state index is 0.0870. The molecule has 0 atom stereocenters. The van der Waals surface area contributed by atoms with E-state index in [-0.39, 0.29) is 11.9 Å². The molecular weight excluding hydrogens is 480 g/mol. The van der Waals surface area contributed by atoms with Crippen molar-refractivity contribution in [3.05, 3.63) is 47.9 Å². The molecule has 0 radical (unpaired) electrons. The normalized spacial score (nSPS) is 20.2. The first-order valence-corrected chi connectivity index (χ1v) is 13.6. The summed E-state index contributed by atoms with van der Waals surface area (Å²) >= 11 is 0. The van der Waals surface area contributed by atoms with E-state index >= 15 is 0 Å². The second-order valence-electron chi connectivity index (χ2n) is 10.9. The fraction of sp³-hybridized carbons (Fsp3) is 0.483. The Hall–Kier alpha value is -3.43. The fourth-order valence-corrected chi connectivity index (χ4v) is 5.93. The van der Waals surface area contributed by atoms with Gasteiger partial charge in [0.15, 0.2) is 11.4 Å². The highest BCUT2D eigenvalue weighted by atomic mass is 16.5. The monoisotopic (exact) mass is 516 g/mol. The molecular formula is C29H36N6O3. The van der Waals surface area contributed by atoms with Crippen molar-refractivity contribution >= 4 is 22.5 Å². The number of carbonyl (C=O) groups excluding carboxylic acids is 1. The predicted molar refractivity (Wildman–Crippen MR) is 147 cm³/mol. The van der Waals surface area contributed by atoms with Crippen LogP contribution >= 0.6 is 0 Å². The van der Waals surface area contributed by atoms with Gasteiger partial charge in [0.1, 0.15) is 6.33 Å². The Kier molecular flexibility index (Phi) is 6.80. The third-order valence-corrected chi connectivity index (χ3v) is 8.04. The van der Waals surface area contributed by atoms with E-state index in [0.717, 1.165) is 42.5 Å². The average Bonchev–Trinajstić information content (AvgIpc) is 3.52. The van der Waals surface area contributed by atoms with Crippen LogP contribution in [-0.4, -0.2) is 64.4 Å². The van der Waals surface area contributed by atoms with Crippen LogP contribution in [0.4, 0.5) is 0 Å². The van der Waals surface area contributed by atoms with Crippen molar-refractivity contribution in [2.75, 3.05) is 26.9 Å². The lowest BCUT2D eigenvalue weighted by Gasteiger charge is -2.30. The first-order valence-electron chi connectivity index (χ1n) is 13.6. The van der Waals surface area contributed by atoms with Gasteiger partial charge >= 0.3 is 0 Å². The van der Waals surface area contributed by atoms with Gasteiger partial charge in [-0.1, -0.05) is 19.9 Å². The van der Waals surface area contributed by atoms with Crippen molar-refractivity contribution in [1.29, 1.82) is 0 Å². The molecule has 9 nitrogen and oxygen atoms in total. The van der Waals surface area contributed by atoms with E-state index in [4.69, 9.17) is 9.47 Å². The summed E-state index contributed by atoms with van der Waals surface area (Å²) in [4.78, 5) is 20.3. The number of benzene rings is 1. The Morgan fingerprint density at radius 1 is 1.18 bits per heavy atom. The highest BCUT2D eigenvalue weighted by Gasteiger charge is 2.26. The Labute approximate surface area is 222 Å². The van der Waals surface area contributed by atoms with Gasteiger partial charge in [0.25, 0.3) is 0 Å². The topological polar surface area (TPSA) is 106 Å². The van der Waals surface area contributed by atoms with Crippen LogP contribution in [-0.2, 0) is 9.53 Å². The van der Waals surface area contributed by atoms with E-state index in [1.807, 2.05) is 12.3 Å². The summed E-state index contributed by atoms with van der Waals surface area (Å²) in [5.74, 6) is 1.62. The lowest BCUT2D eigenvalue weighted by Crippen LogP contribution is -2.50. The molecule has 3 N–H and O–H groups in total. The number of hydrogen-bond donors (Lipinski definition) is 3. The zero-order valence-corrected chi connectivity index (χ0v) is 22.3. The van der Waals surface area contributed by atoms with Crippen LogP contribution in [0, 0.1) is 0 Å². The van der Waals surface area contributed by atoms with Gasteiger partial charge in [0, 0.05) is 28.7 Å². The maximum Gasteiger partial charge on any atom is 0.234 e. The maximum atomic E-state index is 12.3. The maximum absolute atomic E-state index is 12.3. The molecule has 1 saturated carbocycles. The molecule has 1 amide bonds. The van der Waals surface area contributed by atoms with Crippen molar-refractivity contribution in [3.63, 3.8) is 0 Å². The lowest BCUT2D eigenvalue weighted by atomic mass is 9.81. The molecule has 3 aromatic heterocycles. The standard InChI is InChI=1S/C29H36N6O3/c1-17(2)27-23-10-19(18-4-7-21(8-5-18)33-26(36)12-30-22-14-38-15-22)6-9-24(23)34-28(27)20-11-25(37-3)29-31-16-32-35(29)13-20/h6,9-11,13,16-18,21-22,30,34H,4-5,7-8,12,14-15H2,1-3H3,(H,33,36). The number of hydrogen-bond acceptors (Lipinski definition) is 6. The number of aromatic amines is 1. The number of nitrogens with one attached hydrogen (secondary N) is 3. The lowest BCUT2D eigenvalue weighted by molar-refractivity contribution is -0.121. The van der Waals surface area contributed by atoms with Crippen LogP contribution in [0.3, 0.4) is 0 Å². The smallest absolute Gasteiger partial charge is 0.234 e. The Balaban J connectivity index is 1.20.